The van der Waals surface area contributed by atoms with E-state index in [9.17, 15) is 4.79 Å². The first kappa shape index (κ1) is 9.75. The molecule has 0 fully saturated rings. The van der Waals surface area contributed by atoms with Crippen molar-refractivity contribution in [1.82, 2.24) is 4.90 Å². The van der Waals surface area contributed by atoms with E-state index in [0.29, 0.717) is 10.4 Å². The Hall–Kier alpha value is -1.34. The zero-order chi connectivity index (χ0) is 9.84. The molecule has 0 N–H and O–H groups in total. The lowest BCUT2D eigenvalue weighted by Gasteiger charge is -2.10. The molecule has 1 rings (SSSR count). The quantitative estimate of drug-likeness (QED) is 0.665. The van der Waals surface area contributed by atoms with E-state index in [0.717, 1.165) is 0 Å². The zero-order valence-corrected chi connectivity index (χ0v) is 7.97. The number of carbonyl (C=O) groups excluding carboxylic acids is 1. The molecule has 0 unspecified atom stereocenters. The number of amides is 1. The van der Waals surface area contributed by atoms with Gasteiger partial charge >= 0.3 is 0 Å². The van der Waals surface area contributed by atoms with Crippen LogP contribution >= 0.6 is 11.3 Å². The van der Waals surface area contributed by atoms with Crippen molar-refractivity contribution in [2.45, 2.75) is 0 Å². The van der Waals surface area contributed by atoms with Gasteiger partial charge in [-0.05, 0) is 23.9 Å². The summed E-state index contributed by atoms with van der Waals surface area (Å²) in [6.45, 7) is 5.56. The van der Waals surface area contributed by atoms with Gasteiger partial charge in [-0.25, -0.2) is 0 Å². The van der Waals surface area contributed by atoms with Crippen LogP contribution in [0.25, 0.3) is 0 Å². The van der Waals surface area contributed by atoms with Gasteiger partial charge in [0, 0.05) is 7.05 Å². The lowest BCUT2D eigenvalue weighted by atomic mass is 10.3. The van der Waals surface area contributed by atoms with Crippen LogP contribution in [0.15, 0.2) is 11.4 Å². The molecule has 0 aliphatic rings. The van der Waals surface area contributed by atoms with E-state index in [1.807, 2.05) is 6.07 Å². The molecule has 0 atom stereocenters. The van der Waals surface area contributed by atoms with Crippen molar-refractivity contribution in [2.75, 3.05) is 13.6 Å². The fourth-order valence-electron chi connectivity index (χ4n) is 0.829. The number of rotatable bonds is 2. The molecular formula is C9H8N2OS. The fourth-order valence-corrected chi connectivity index (χ4v) is 1.62. The highest BCUT2D eigenvalue weighted by atomic mass is 32.1. The maximum atomic E-state index is 11.5. The van der Waals surface area contributed by atoms with Crippen LogP contribution in [0.4, 0.5) is 0 Å². The van der Waals surface area contributed by atoms with E-state index < -0.39 is 0 Å². The second-order valence-corrected chi connectivity index (χ2v) is 3.47. The predicted molar refractivity (Wildman–Crippen MR) is 50.3 cm³/mol. The topological polar surface area (TPSA) is 44.1 Å². The van der Waals surface area contributed by atoms with Crippen LogP contribution in [0.5, 0.6) is 0 Å². The summed E-state index contributed by atoms with van der Waals surface area (Å²) in [7, 11) is 1.58. The standard InChI is InChI=1S/C9H8N2OS/c1-7-5-8(13-6-7)9(12)11(2)4-3-10/h1,5-6H,4H2,2H3. The summed E-state index contributed by atoms with van der Waals surface area (Å²) in [5, 5.41) is 10.1. The molecular weight excluding hydrogens is 184 g/mol. The van der Waals surface area contributed by atoms with Crippen LogP contribution < -0.4 is 0 Å². The molecule has 13 heavy (non-hydrogen) atoms. The summed E-state index contributed by atoms with van der Waals surface area (Å²) >= 11 is 1.29. The Balaban J connectivity index is 2.74. The first-order valence-corrected chi connectivity index (χ1v) is 4.49. The van der Waals surface area contributed by atoms with E-state index in [4.69, 9.17) is 12.2 Å². The van der Waals surface area contributed by atoms with Crippen molar-refractivity contribution in [3.8, 4) is 6.07 Å². The molecule has 1 aromatic heterocycles. The van der Waals surface area contributed by atoms with Crippen LogP contribution in [0.3, 0.4) is 0 Å². The van der Waals surface area contributed by atoms with Gasteiger partial charge in [0.05, 0.1) is 10.9 Å². The fraction of sp³-hybridized carbons (Fsp3) is 0.222. The number of nitriles is 1. The molecule has 0 aliphatic carbocycles. The molecule has 4 heteroatoms. The SMILES string of the molecule is [CH]c1csc(C(=O)N(C)CC#N)c1. The summed E-state index contributed by atoms with van der Waals surface area (Å²) in [6, 6.07) is 3.52. The number of nitrogens with zero attached hydrogens (tertiary/aromatic N) is 2. The summed E-state index contributed by atoms with van der Waals surface area (Å²) < 4.78 is 0. The van der Waals surface area contributed by atoms with Crippen LogP contribution in [0.1, 0.15) is 15.2 Å². The van der Waals surface area contributed by atoms with Gasteiger partial charge in [0.25, 0.3) is 5.91 Å². The Kier molecular flexibility index (Phi) is 3.04. The van der Waals surface area contributed by atoms with Gasteiger partial charge in [0.2, 0.25) is 0 Å². The molecule has 0 saturated heterocycles. The Morgan fingerprint density at radius 2 is 2.54 bits per heavy atom. The molecule has 1 amide bonds. The molecule has 3 nitrogen and oxygen atoms in total. The van der Waals surface area contributed by atoms with Crippen molar-refractivity contribution in [1.29, 1.82) is 5.26 Å². The van der Waals surface area contributed by atoms with E-state index in [1.54, 1.807) is 18.5 Å². The number of carbonyl (C=O) groups is 1. The Morgan fingerprint density at radius 1 is 1.85 bits per heavy atom. The van der Waals surface area contributed by atoms with Crippen LogP contribution in [-0.2, 0) is 0 Å². The Morgan fingerprint density at radius 3 is 3.00 bits per heavy atom. The molecule has 0 bridgehead atoms. The lowest BCUT2D eigenvalue weighted by molar-refractivity contribution is 0.0816. The van der Waals surface area contributed by atoms with Crippen molar-refractivity contribution in [3.05, 3.63) is 28.8 Å². The minimum Gasteiger partial charge on any atom is -0.328 e. The van der Waals surface area contributed by atoms with Gasteiger partial charge in [-0.2, -0.15) is 5.26 Å². The Bertz CT molecular complexity index is 351. The van der Waals surface area contributed by atoms with Gasteiger partial charge < -0.3 is 4.90 Å². The van der Waals surface area contributed by atoms with E-state index in [1.165, 1.54) is 16.2 Å². The summed E-state index contributed by atoms with van der Waals surface area (Å²) in [4.78, 5) is 13.4. The van der Waals surface area contributed by atoms with Crippen LogP contribution in [-0.4, -0.2) is 24.4 Å². The number of hydrogen-bond donors (Lipinski definition) is 0. The molecule has 2 radical (unpaired) electrons. The summed E-state index contributed by atoms with van der Waals surface area (Å²) in [6.07, 6.45) is 0. The number of thiophene rings is 1. The van der Waals surface area contributed by atoms with Crippen molar-refractivity contribution in [3.63, 3.8) is 0 Å². The van der Waals surface area contributed by atoms with E-state index in [-0.39, 0.29) is 12.5 Å². The minimum atomic E-state index is -0.164. The van der Waals surface area contributed by atoms with Gasteiger partial charge in [-0.1, -0.05) is 0 Å². The smallest absolute Gasteiger partial charge is 0.264 e. The minimum absolute atomic E-state index is 0.0939. The predicted octanol–water partition coefficient (Wildman–Crippen LogP) is 1.40. The van der Waals surface area contributed by atoms with Crippen molar-refractivity contribution in [2.24, 2.45) is 0 Å². The van der Waals surface area contributed by atoms with Crippen molar-refractivity contribution < 1.29 is 4.79 Å². The van der Waals surface area contributed by atoms with Gasteiger partial charge in [-0.3, -0.25) is 4.79 Å². The largest absolute Gasteiger partial charge is 0.328 e. The summed E-state index contributed by atoms with van der Waals surface area (Å²) in [5.74, 6) is -0.164. The second-order valence-electron chi connectivity index (χ2n) is 2.56. The highest BCUT2D eigenvalue weighted by Gasteiger charge is 2.12. The third-order valence-corrected chi connectivity index (χ3v) is 2.42. The zero-order valence-electron chi connectivity index (χ0n) is 7.15. The highest BCUT2D eigenvalue weighted by Crippen LogP contribution is 2.15. The van der Waals surface area contributed by atoms with Crippen molar-refractivity contribution >= 4 is 17.2 Å². The van der Waals surface area contributed by atoms with E-state index in [2.05, 4.69) is 0 Å². The first-order chi connectivity index (χ1) is 6.15. The third-order valence-electron chi connectivity index (χ3n) is 1.49. The highest BCUT2D eigenvalue weighted by molar-refractivity contribution is 7.12. The van der Waals surface area contributed by atoms with Crippen LogP contribution in [0, 0.1) is 18.3 Å². The van der Waals surface area contributed by atoms with Crippen LogP contribution in [0.2, 0.25) is 0 Å². The maximum absolute atomic E-state index is 11.5. The second kappa shape index (κ2) is 4.06. The average Bonchev–Trinajstić information content (AvgIpc) is 2.51. The molecule has 0 saturated carbocycles. The average molecular weight is 192 g/mol. The Labute approximate surface area is 81.2 Å². The summed E-state index contributed by atoms with van der Waals surface area (Å²) in [5.41, 5.74) is 0.582. The molecule has 1 aromatic rings. The maximum Gasteiger partial charge on any atom is 0.264 e. The monoisotopic (exact) mass is 192 g/mol. The molecule has 0 spiro atoms. The number of hydrogen-bond acceptors (Lipinski definition) is 3. The normalized spacial score (nSPS) is 9.31. The van der Waals surface area contributed by atoms with Gasteiger partial charge in [0.1, 0.15) is 6.54 Å². The molecule has 0 aromatic carbocycles. The van der Waals surface area contributed by atoms with Gasteiger partial charge in [-0.15, -0.1) is 11.3 Å². The van der Waals surface area contributed by atoms with E-state index >= 15 is 0 Å². The molecule has 1 heterocycles. The third kappa shape index (κ3) is 2.30. The first-order valence-electron chi connectivity index (χ1n) is 3.61. The molecule has 0 aliphatic heterocycles. The lowest BCUT2D eigenvalue weighted by Crippen LogP contribution is -2.26. The van der Waals surface area contributed by atoms with Gasteiger partial charge in [0.15, 0.2) is 0 Å². The molecule has 66 valence electrons.